The lowest BCUT2D eigenvalue weighted by atomic mass is 10.2. The molecule has 112 valence electrons. The highest BCUT2D eigenvalue weighted by Gasteiger charge is 2.12. The summed E-state index contributed by atoms with van der Waals surface area (Å²) in [6.45, 7) is 4.86. The minimum Gasteiger partial charge on any atom is -0.482 e. The van der Waals surface area contributed by atoms with E-state index in [1.807, 2.05) is 25.2 Å². The highest BCUT2D eigenvalue weighted by atomic mass is 79.9. The first-order chi connectivity index (χ1) is 9.62. The number of nitrogens with one attached hydrogen (secondary N) is 2. The molecule has 0 unspecified atom stereocenters. The molecule has 4 nitrogen and oxygen atoms in total. The SMILES string of the molecule is CCC(CC)NC(=O)COc1c(Br)cccc1CNC. The first kappa shape index (κ1) is 17.0. The molecule has 20 heavy (non-hydrogen) atoms. The molecule has 0 saturated carbocycles. The number of hydrogen-bond donors (Lipinski definition) is 2. The van der Waals surface area contributed by atoms with Crippen molar-refractivity contribution in [2.24, 2.45) is 0 Å². The van der Waals surface area contributed by atoms with Crippen LogP contribution < -0.4 is 15.4 Å². The summed E-state index contributed by atoms with van der Waals surface area (Å²) in [5.41, 5.74) is 1.03. The minimum atomic E-state index is -0.0788. The van der Waals surface area contributed by atoms with Crippen molar-refractivity contribution in [3.8, 4) is 5.75 Å². The lowest BCUT2D eigenvalue weighted by molar-refractivity contribution is -0.123. The number of ether oxygens (including phenoxy) is 1. The van der Waals surface area contributed by atoms with Crippen molar-refractivity contribution < 1.29 is 9.53 Å². The number of carbonyl (C=O) groups excluding carboxylic acids is 1. The molecule has 0 fully saturated rings. The highest BCUT2D eigenvalue weighted by Crippen LogP contribution is 2.28. The fraction of sp³-hybridized carbons (Fsp3) is 0.533. The van der Waals surface area contributed by atoms with Gasteiger partial charge in [0.05, 0.1) is 4.47 Å². The summed E-state index contributed by atoms with van der Waals surface area (Å²) in [5.74, 6) is 0.645. The summed E-state index contributed by atoms with van der Waals surface area (Å²) in [6, 6.07) is 6.07. The van der Waals surface area contributed by atoms with Gasteiger partial charge in [-0.2, -0.15) is 0 Å². The molecule has 0 aliphatic carbocycles. The van der Waals surface area contributed by atoms with Gasteiger partial charge < -0.3 is 15.4 Å². The predicted octanol–water partition coefficient (Wildman–Crippen LogP) is 2.85. The van der Waals surface area contributed by atoms with Crippen LogP contribution in [0.4, 0.5) is 0 Å². The normalized spacial score (nSPS) is 10.7. The topological polar surface area (TPSA) is 50.4 Å². The quantitative estimate of drug-likeness (QED) is 0.763. The molecule has 0 bridgehead atoms. The zero-order valence-corrected chi connectivity index (χ0v) is 13.9. The fourth-order valence-electron chi connectivity index (χ4n) is 1.94. The summed E-state index contributed by atoms with van der Waals surface area (Å²) in [6.07, 6.45) is 1.87. The van der Waals surface area contributed by atoms with Crippen LogP contribution in [0.15, 0.2) is 22.7 Å². The molecule has 2 N–H and O–H groups in total. The summed E-state index contributed by atoms with van der Waals surface area (Å²) in [7, 11) is 1.88. The maximum atomic E-state index is 11.9. The lowest BCUT2D eigenvalue weighted by Gasteiger charge is -2.16. The lowest BCUT2D eigenvalue weighted by Crippen LogP contribution is -2.37. The predicted molar refractivity (Wildman–Crippen MR) is 84.9 cm³/mol. The molecular formula is C15H23BrN2O2. The number of amides is 1. The Balaban J connectivity index is 2.63. The van der Waals surface area contributed by atoms with E-state index in [9.17, 15) is 4.79 Å². The number of para-hydroxylation sites is 1. The van der Waals surface area contributed by atoms with Crippen molar-refractivity contribution in [2.45, 2.75) is 39.3 Å². The van der Waals surface area contributed by atoms with Crippen LogP contribution in [0.25, 0.3) is 0 Å². The molecule has 0 heterocycles. The Morgan fingerprint density at radius 2 is 2.05 bits per heavy atom. The van der Waals surface area contributed by atoms with Crippen LogP contribution in [-0.4, -0.2) is 25.6 Å². The van der Waals surface area contributed by atoms with E-state index in [0.717, 1.165) is 28.6 Å². The van der Waals surface area contributed by atoms with E-state index in [2.05, 4.69) is 40.4 Å². The Bertz CT molecular complexity index is 434. The van der Waals surface area contributed by atoms with Crippen LogP contribution >= 0.6 is 15.9 Å². The van der Waals surface area contributed by atoms with E-state index < -0.39 is 0 Å². The van der Waals surface area contributed by atoms with Crippen molar-refractivity contribution in [1.29, 1.82) is 0 Å². The third kappa shape index (κ3) is 5.13. The first-order valence-electron chi connectivity index (χ1n) is 6.96. The molecule has 0 aliphatic heterocycles. The largest absolute Gasteiger partial charge is 0.482 e. The molecule has 0 atom stereocenters. The summed E-state index contributed by atoms with van der Waals surface area (Å²) >= 11 is 3.46. The molecule has 0 radical (unpaired) electrons. The van der Waals surface area contributed by atoms with Gasteiger partial charge >= 0.3 is 0 Å². The molecule has 0 aromatic heterocycles. The van der Waals surface area contributed by atoms with E-state index in [1.54, 1.807) is 0 Å². The van der Waals surface area contributed by atoms with Crippen LogP contribution in [0.3, 0.4) is 0 Å². The van der Waals surface area contributed by atoms with Crippen molar-refractivity contribution >= 4 is 21.8 Å². The molecule has 1 rings (SSSR count). The van der Waals surface area contributed by atoms with Gasteiger partial charge in [0.2, 0.25) is 0 Å². The van der Waals surface area contributed by atoms with Gasteiger partial charge in [-0.1, -0.05) is 26.0 Å². The van der Waals surface area contributed by atoms with Crippen LogP contribution in [0.5, 0.6) is 5.75 Å². The summed E-state index contributed by atoms with van der Waals surface area (Å²) in [4.78, 5) is 11.9. The van der Waals surface area contributed by atoms with Gasteiger partial charge in [-0.05, 0) is 41.9 Å². The number of halogens is 1. The van der Waals surface area contributed by atoms with Crippen molar-refractivity contribution in [3.63, 3.8) is 0 Å². The first-order valence-corrected chi connectivity index (χ1v) is 7.75. The molecule has 0 spiro atoms. The Kier molecular flexibility index (Phi) is 7.62. The standard InChI is InChI=1S/C15H23BrN2O2/c1-4-12(5-2)18-14(19)10-20-15-11(9-17-3)7-6-8-13(15)16/h6-8,12,17H,4-5,9-10H2,1-3H3,(H,18,19). The second-order valence-electron chi connectivity index (χ2n) is 4.63. The molecule has 1 aromatic rings. The maximum absolute atomic E-state index is 11.9. The van der Waals surface area contributed by atoms with Crippen LogP contribution in [0.1, 0.15) is 32.3 Å². The Morgan fingerprint density at radius 3 is 2.65 bits per heavy atom. The Labute approximate surface area is 129 Å². The minimum absolute atomic E-state index is 0.0375. The average molecular weight is 343 g/mol. The average Bonchev–Trinajstić information content (AvgIpc) is 2.44. The molecule has 1 aromatic carbocycles. The van der Waals surface area contributed by atoms with E-state index >= 15 is 0 Å². The van der Waals surface area contributed by atoms with Gasteiger partial charge in [-0.25, -0.2) is 0 Å². The fourth-order valence-corrected chi connectivity index (χ4v) is 2.47. The third-order valence-corrected chi connectivity index (χ3v) is 3.74. The maximum Gasteiger partial charge on any atom is 0.258 e. The smallest absolute Gasteiger partial charge is 0.258 e. The van der Waals surface area contributed by atoms with E-state index in [1.165, 1.54) is 0 Å². The van der Waals surface area contributed by atoms with Crippen molar-refractivity contribution in [3.05, 3.63) is 28.2 Å². The van der Waals surface area contributed by atoms with Gasteiger partial charge in [-0.3, -0.25) is 4.79 Å². The van der Waals surface area contributed by atoms with Crippen LogP contribution in [0.2, 0.25) is 0 Å². The van der Waals surface area contributed by atoms with E-state index in [0.29, 0.717) is 6.54 Å². The summed E-state index contributed by atoms with van der Waals surface area (Å²) < 4.78 is 6.53. The second-order valence-corrected chi connectivity index (χ2v) is 5.48. The molecular weight excluding hydrogens is 320 g/mol. The zero-order valence-electron chi connectivity index (χ0n) is 12.3. The van der Waals surface area contributed by atoms with Crippen molar-refractivity contribution in [1.82, 2.24) is 10.6 Å². The molecule has 0 saturated heterocycles. The van der Waals surface area contributed by atoms with Gasteiger partial charge in [0.15, 0.2) is 6.61 Å². The van der Waals surface area contributed by atoms with Crippen LogP contribution in [0, 0.1) is 0 Å². The van der Waals surface area contributed by atoms with E-state index in [4.69, 9.17) is 4.74 Å². The Morgan fingerprint density at radius 1 is 1.35 bits per heavy atom. The Hall–Kier alpha value is -1.07. The van der Waals surface area contributed by atoms with Crippen molar-refractivity contribution in [2.75, 3.05) is 13.7 Å². The summed E-state index contributed by atoms with van der Waals surface area (Å²) in [5, 5.41) is 6.05. The van der Waals surface area contributed by atoms with Gasteiger partial charge in [0, 0.05) is 18.2 Å². The zero-order chi connectivity index (χ0) is 15.0. The monoisotopic (exact) mass is 342 g/mol. The molecule has 5 heteroatoms. The second kappa shape index (κ2) is 8.97. The third-order valence-electron chi connectivity index (χ3n) is 3.11. The van der Waals surface area contributed by atoms with Gasteiger partial charge in [0.1, 0.15) is 5.75 Å². The number of carbonyl (C=O) groups is 1. The number of rotatable bonds is 8. The van der Waals surface area contributed by atoms with Gasteiger partial charge in [-0.15, -0.1) is 0 Å². The number of hydrogen-bond acceptors (Lipinski definition) is 3. The van der Waals surface area contributed by atoms with Gasteiger partial charge in [0.25, 0.3) is 5.91 Å². The highest BCUT2D eigenvalue weighted by molar-refractivity contribution is 9.10. The van der Waals surface area contributed by atoms with Crippen LogP contribution in [-0.2, 0) is 11.3 Å². The van der Waals surface area contributed by atoms with E-state index in [-0.39, 0.29) is 18.6 Å². The molecule has 1 amide bonds. The molecule has 0 aliphatic rings. The number of benzene rings is 1.